The Hall–Kier alpha value is -4.36. The molecule has 0 amide bonds. The van der Waals surface area contributed by atoms with Crippen molar-refractivity contribution >= 4 is 11.8 Å². The van der Waals surface area contributed by atoms with Crippen LogP contribution in [0, 0.1) is 0 Å². The second-order valence-corrected chi connectivity index (χ2v) is 10.1. The molecule has 1 spiro atoms. The fourth-order valence-corrected chi connectivity index (χ4v) is 5.56. The van der Waals surface area contributed by atoms with E-state index in [4.69, 9.17) is 14.7 Å². The van der Waals surface area contributed by atoms with E-state index in [1.165, 1.54) is 12.1 Å². The average molecular weight is 559 g/mol. The van der Waals surface area contributed by atoms with E-state index in [1.807, 2.05) is 24.3 Å². The van der Waals surface area contributed by atoms with Gasteiger partial charge >= 0.3 is 12.3 Å². The van der Waals surface area contributed by atoms with Crippen molar-refractivity contribution in [3.8, 4) is 11.5 Å². The van der Waals surface area contributed by atoms with Gasteiger partial charge in [-0.2, -0.15) is 4.80 Å². The number of carboxylic acids is 1. The van der Waals surface area contributed by atoms with Crippen LogP contribution in [0.2, 0.25) is 0 Å². The minimum atomic E-state index is -4.74. The number of hydrogen-bond donors (Lipinski definition) is 1. The lowest BCUT2D eigenvalue weighted by Crippen LogP contribution is -2.51. The van der Waals surface area contributed by atoms with Crippen LogP contribution in [-0.4, -0.2) is 67.1 Å². The Morgan fingerprint density at radius 3 is 2.60 bits per heavy atom. The van der Waals surface area contributed by atoms with Gasteiger partial charge in [-0.15, -0.1) is 23.4 Å². The molecular weight excluding hydrogens is 533 g/mol. The van der Waals surface area contributed by atoms with E-state index >= 15 is 0 Å². The van der Waals surface area contributed by atoms with Gasteiger partial charge in [-0.1, -0.05) is 35.5 Å². The maximum atomic E-state index is 12.6. The summed E-state index contributed by atoms with van der Waals surface area (Å²) in [5, 5.41) is 24.8. The Balaban J connectivity index is 1.13. The van der Waals surface area contributed by atoms with Crippen molar-refractivity contribution in [2.24, 2.45) is 5.16 Å². The first-order valence-electron chi connectivity index (χ1n) is 12.8. The molecule has 1 aromatic heterocycles. The number of halogens is 3. The second kappa shape index (κ2) is 9.99. The van der Waals surface area contributed by atoms with Gasteiger partial charge in [0.2, 0.25) is 5.82 Å². The predicted molar refractivity (Wildman–Crippen MR) is 132 cm³/mol. The van der Waals surface area contributed by atoms with Gasteiger partial charge in [-0.25, -0.2) is 0 Å². The van der Waals surface area contributed by atoms with Crippen LogP contribution in [0.5, 0.6) is 11.5 Å². The molecule has 2 atom stereocenters. The van der Waals surface area contributed by atoms with Crippen LogP contribution in [0.1, 0.15) is 54.7 Å². The lowest BCUT2D eigenvalue weighted by Gasteiger charge is -2.47. The van der Waals surface area contributed by atoms with E-state index in [2.05, 4.69) is 30.2 Å². The fraction of sp³-hybridized carbons (Fsp3) is 0.423. The van der Waals surface area contributed by atoms with Gasteiger partial charge in [0.25, 0.3) is 0 Å². The van der Waals surface area contributed by atoms with Crippen molar-refractivity contribution in [2.75, 3.05) is 13.1 Å². The number of likely N-dealkylation sites (tertiary alicyclic amines) is 1. The number of ether oxygens (including phenoxy) is 2. The molecule has 11 nitrogen and oxygen atoms in total. The van der Waals surface area contributed by atoms with Crippen LogP contribution in [0.3, 0.4) is 0 Å². The Kier molecular flexibility index (Phi) is 6.47. The van der Waals surface area contributed by atoms with Crippen LogP contribution < -0.4 is 9.47 Å². The number of piperidine rings is 1. The van der Waals surface area contributed by atoms with Crippen molar-refractivity contribution in [2.45, 2.75) is 56.2 Å². The molecule has 2 aromatic carbocycles. The Labute approximate surface area is 226 Å². The molecule has 6 rings (SSSR count). The van der Waals surface area contributed by atoms with E-state index in [0.717, 1.165) is 27.5 Å². The van der Waals surface area contributed by atoms with Crippen molar-refractivity contribution < 1.29 is 37.4 Å². The van der Waals surface area contributed by atoms with Crippen LogP contribution in [0.25, 0.3) is 0 Å². The third kappa shape index (κ3) is 5.38. The van der Waals surface area contributed by atoms with Crippen molar-refractivity contribution in [1.29, 1.82) is 0 Å². The summed E-state index contributed by atoms with van der Waals surface area (Å²) in [5.41, 5.74) is 1.45. The molecule has 3 aliphatic rings. The first-order valence-corrected chi connectivity index (χ1v) is 12.8. The molecule has 1 unspecified atom stereocenters. The molecule has 1 fully saturated rings. The predicted octanol–water partition coefficient (Wildman–Crippen LogP) is 3.88. The highest BCUT2D eigenvalue weighted by molar-refractivity contribution is 5.83. The van der Waals surface area contributed by atoms with E-state index in [0.29, 0.717) is 38.8 Å². The SMILES string of the molecule is O=C(O)Cn1nnc(C2CC(N3CCC4(CC3)C[C@H](c3ccc(OC(F)(F)F)cc3)c3ccccc3O4)=NO2)n1. The molecule has 14 heteroatoms. The zero-order valence-corrected chi connectivity index (χ0v) is 21.1. The van der Waals surface area contributed by atoms with E-state index in [-0.39, 0.29) is 17.5 Å². The highest BCUT2D eigenvalue weighted by atomic mass is 19.4. The van der Waals surface area contributed by atoms with Gasteiger partial charge in [0, 0.05) is 37.4 Å². The molecule has 210 valence electrons. The summed E-state index contributed by atoms with van der Waals surface area (Å²) in [4.78, 5) is 19.5. The van der Waals surface area contributed by atoms with Crippen molar-refractivity contribution in [1.82, 2.24) is 25.1 Å². The highest BCUT2D eigenvalue weighted by Crippen LogP contribution is 2.48. The van der Waals surface area contributed by atoms with E-state index in [9.17, 15) is 18.0 Å². The lowest BCUT2D eigenvalue weighted by atomic mass is 9.75. The first-order chi connectivity index (χ1) is 19.2. The molecule has 3 aliphatic heterocycles. The molecule has 0 bridgehead atoms. The number of carboxylic acid groups (broad SMARTS) is 1. The zero-order chi connectivity index (χ0) is 27.9. The first kappa shape index (κ1) is 25.9. The Morgan fingerprint density at radius 1 is 1.12 bits per heavy atom. The summed E-state index contributed by atoms with van der Waals surface area (Å²) < 4.78 is 48.5. The summed E-state index contributed by atoms with van der Waals surface area (Å²) in [7, 11) is 0. The number of oxime groups is 1. The summed E-state index contributed by atoms with van der Waals surface area (Å²) in [6.07, 6.45) is -2.74. The number of carbonyl (C=O) groups is 1. The van der Waals surface area contributed by atoms with Crippen molar-refractivity contribution in [3.63, 3.8) is 0 Å². The quantitative estimate of drug-likeness (QED) is 0.497. The van der Waals surface area contributed by atoms with Gasteiger partial charge in [0.15, 0.2) is 12.6 Å². The maximum Gasteiger partial charge on any atom is 0.573 e. The molecule has 3 aromatic rings. The van der Waals surface area contributed by atoms with E-state index < -0.39 is 30.6 Å². The van der Waals surface area contributed by atoms with Crippen LogP contribution in [0.4, 0.5) is 13.2 Å². The topological polar surface area (TPSA) is 124 Å². The number of alkyl halides is 3. The van der Waals surface area contributed by atoms with Crippen LogP contribution in [0.15, 0.2) is 53.7 Å². The van der Waals surface area contributed by atoms with Gasteiger partial charge < -0.3 is 24.3 Å². The summed E-state index contributed by atoms with van der Waals surface area (Å²) in [6.45, 7) is 0.944. The summed E-state index contributed by atoms with van der Waals surface area (Å²) in [5.74, 6) is 0.430. The zero-order valence-electron chi connectivity index (χ0n) is 21.1. The highest BCUT2D eigenvalue weighted by Gasteiger charge is 2.45. The van der Waals surface area contributed by atoms with Gasteiger partial charge in [0.1, 0.15) is 22.9 Å². The van der Waals surface area contributed by atoms with Gasteiger partial charge in [-0.05, 0) is 35.4 Å². The van der Waals surface area contributed by atoms with Crippen LogP contribution in [-0.2, 0) is 16.2 Å². The lowest BCUT2D eigenvalue weighted by molar-refractivity contribution is -0.274. The number of hydrogen-bond acceptors (Lipinski definition) is 9. The van der Waals surface area contributed by atoms with Crippen LogP contribution >= 0.6 is 0 Å². The molecule has 40 heavy (non-hydrogen) atoms. The van der Waals surface area contributed by atoms with Gasteiger partial charge in [-0.3, -0.25) is 4.79 Å². The molecule has 4 heterocycles. The number of amidine groups is 1. The number of aliphatic carboxylic acids is 1. The Morgan fingerprint density at radius 2 is 1.88 bits per heavy atom. The molecule has 0 aliphatic carbocycles. The van der Waals surface area contributed by atoms with E-state index in [1.54, 1.807) is 12.1 Å². The number of nitrogens with zero attached hydrogens (tertiary/aromatic N) is 6. The molecule has 0 saturated carbocycles. The number of rotatable bonds is 5. The summed E-state index contributed by atoms with van der Waals surface area (Å²) in [6, 6.07) is 13.8. The number of para-hydroxylation sites is 1. The average Bonchev–Trinajstić information content (AvgIpc) is 3.58. The molecular formula is C26H25F3N6O5. The van der Waals surface area contributed by atoms with Gasteiger partial charge in [0.05, 0.1) is 6.42 Å². The third-order valence-electron chi connectivity index (χ3n) is 7.44. The number of benzene rings is 2. The number of fused-ring (bicyclic) bond motifs is 1. The molecule has 1 N–H and O–H groups in total. The fourth-order valence-electron chi connectivity index (χ4n) is 5.56. The van der Waals surface area contributed by atoms with Crippen molar-refractivity contribution in [3.05, 3.63) is 65.5 Å². The smallest absolute Gasteiger partial charge is 0.487 e. The number of aromatic nitrogens is 4. The maximum absolute atomic E-state index is 12.6. The monoisotopic (exact) mass is 558 g/mol. The summed E-state index contributed by atoms with van der Waals surface area (Å²) >= 11 is 0. The third-order valence-corrected chi connectivity index (χ3v) is 7.44. The minimum absolute atomic E-state index is 0.0486. The standard InChI is InChI=1S/C26H25F3N6O5/c27-26(28,29)38-17-7-5-16(6-8-17)19-14-25(39-20-4-2-1-3-18(19)20)9-11-34(12-10-25)22-13-21(40-32-22)24-30-33-35(31-24)15-23(36)37/h1-8,19,21H,9-15H2,(H,36,37)/t19-,21?/m1/s1. The molecule has 0 radical (unpaired) electrons. The normalized spacial score (nSPS) is 21.8. The minimum Gasteiger partial charge on any atom is -0.487 e. The second-order valence-electron chi connectivity index (χ2n) is 10.1. The number of tetrazole rings is 1. The largest absolute Gasteiger partial charge is 0.573 e. The molecule has 1 saturated heterocycles. The Bertz CT molecular complexity index is 1420.